The van der Waals surface area contributed by atoms with Crippen LogP contribution in [0.25, 0.3) is 11.5 Å². The van der Waals surface area contributed by atoms with Crippen molar-refractivity contribution in [1.82, 2.24) is 20.0 Å². The van der Waals surface area contributed by atoms with E-state index >= 15 is 0 Å². The Kier molecular flexibility index (Phi) is 6.49. The lowest BCUT2D eigenvalue weighted by Gasteiger charge is -2.30. The monoisotopic (exact) mass is 473 g/mol. The molecule has 0 bridgehead atoms. The Morgan fingerprint density at radius 1 is 1.27 bits per heavy atom. The minimum atomic E-state index is -0.455. The predicted molar refractivity (Wildman–Crippen MR) is 113 cm³/mol. The van der Waals surface area contributed by atoms with Crippen molar-refractivity contribution in [1.29, 1.82) is 0 Å². The summed E-state index contributed by atoms with van der Waals surface area (Å²) in [6.07, 6.45) is 3.77. The van der Waals surface area contributed by atoms with Crippen LogP contribution >= 0.6 is 15.9 Å². The van der Waals surface area contributed by atoms with E-state index in [1.165, 1.54) is 6.07 Å². The van der Waals surface area contributed by atoms with E-state index in [1.54, 1.807) is 18.3 Å². The lowest BCUT2D eigenvalue weighted by molar-refractivity contribution is -0.116. The van der Waals surface area contributed by atoms with Gasteiger partial charge in [0.15, 0.2) is 0 Å². The van der Waals surface area contributed by atoms with Crippen LogP contribution in [-0.4, -0.2) is 45.6 Å². The molecule has 3 heterocycles. The number of likely N-dealkylation sites (tertiary alicyclic amines) is 1. The van der Waals surface area contributed by atoms with Crippen LogP contribution in [0, 0.1) is 5.82 Å². The molecule has 1 amide bonds. The average molecular weight is 474 g/mol. The molecule has 1 N–H and O–H groups in total. The van der Waals surface area contributed by atoms with Gasteiger partial charge >= 0.3 is 0 Å². The molecule has 1 aromatic carbocycles. The Bertz CT molecular complexity index is 1010. The number of carbonyl (C=O) groups is 1. The number of nitrogens with zero attached hydrogens (tertiary/aromatic N) is 4. The van der Waals surface area contributed by atoms with Gasteiger partial charge in [-0.1, -0.05) is 27.2 Å². The second kappa shape index (κ2) is 9.44. The number of amides is 1. The van der Waals surface area contributed by atoms with Gasteiger partial charge in [0.05, 0.1) is 5.69 Å². The Morgan fingerprint density at radius 2 is 2.10 bits per heavy atom. The number of rotatable bonds is 6. The molecule has 0 unspecified atom stereocenters. The quantitative estimate of drug-likeness (QED) is 0.576. The number of pyridine rings is 1. The summed E-state index contributed by atoms with van der Waals surface area (Å²) < 4.78 is 19.9. The fraction of sp³-hybridized carbons (Fsp3) is 0.333. The van der Waals surface area contributed by atoms with Crippen LogP contribution in [0.2, 0.25) is 0 Å². The van der Waals surface area contributed by atoms with Crippen molar-refractivity contribution in [2.45, 2.75) is 25.2 Å². The summed E-state index contributed by atoms with van der Waals surface area (Å²) in [4.78, 5) is 23.1. The molecule has 2 aromatic heterocycles. The van der Waals surface area contributed by atoms with Gasteiger partial charge in [-0.3, -0.25) is 9.78 Å². The normalized spacial score (nSPS) is 15.3. The van der Waals surface area contributed by atoms with Gasteiger partial charge in [0.2, 0.25) is 17.6 Å². The van der Waals surface area contributed by atoms with Crippen molar-refractivity contribution in [3.05, 3.63) is 58.8 Å². The second-order valence-electron chi connectivity index (χ2n) is 7.21. The molecule has 1 fully saturated rings. The van der Waals surface area contributed by atoms with Crippen molar-refractivity contribution in [3.8, 4) is 11.5 Å². The maximum atomic E-state index is 13.8. The molecule has 1 aliphatic heterocycles. The zero-order valence-electron chi connectivity index (χ0n) is 16.2. The zero-order valence-corrected chi connectivity index (χ0v) is 17.8. The van der Waals surface area contributed by atoms with E-state index in [1.807, 2.05) is 18.2 Å². The number of nitrogens with one attached hydrogen (secondary N) is 1. The molecule has 0 spiro atoms. The smallest absolute Gasteiger partial charge is 0.230 e. The maximum absolute atomic E-state index is 13.8. The highest BCUT2D eigenvalue weighted by atomic mass is 79.9. The molecule has 156 valence electrons. The largest absolute Gasteiger partial charge is 0.339 e. The third-order valence-corrected chi connectivity index (χ3v) is 5.63. The van der Waals surface area contributed by atoms with Crippen LogP contribution in [0.3, 0.4) is 0 Å². The number of hydrogen-bond acceptors (Lipinski definition) is 6. The Morgan fingerprint density at radius 3 is 2.83 bits per heavy atom. The molecular formula is C21H21BrFN5O2. The third-order valence-electron chi connectivity index (χ3n) is 5.13. The van der Waals surface area contributed by atoms with E-state index in [-0.39, 0.29) is 17.5 Å². The van der Waals surface area contributed by atoms with Crippen molar-refractivity contribution in [3.63, 3.8) is 0 Å². The first-order valence-corrected chi connectivity index (χ1v) is 10.6. The van der Waals surface area contributed by atoms with E-state index < -0.39 is 5.82 Å². The Balaban J connectivity index is 1.24. The lowest BCUT2D eigenvalue weighted by atomic mass is 9.96. The van der Waals surface area contributed by atoms with Gasteiger partial charge in [-0.15, -0.1) is 0 Å². The first-order valence-electron chi connectivity index (χ1n) is 9.81. The van der Waals surface area contributed by atoms with E-state index in [0.717, 1.165) is 25.9 Å². The van der Waals surface area contributed by atoms with Gasteiger partial charge < -0.3 is 14.7 Å². The topological polar surface area (TPSA) is 84.2 Å². The summed E-state index contributed by atoms with van der Waals surface area (Å²) in [7, 11) is 0. The SMILES string of the molecule is O=C(CCN1CCC(c2nc(-c3ccccn3)no2)CC1)Nc1ccc(Br)cc1F. The molecule has 7 nitrogen and oxygen atoms in total. The number of aromatic nitrogens is 3. The fourth-order valence-corrected chi connectivity index (χ4v) is 3.80. The Hall–Kier alpha value is -2.65. The molecule has 4 rings (SSSR count). The van der Waals surface area contributed by atoms with Crippen molar-refractivity contribution >= 4 is 27.5 Å². The number of carbonyl (C=O) groups excluding carboxylic acids is 1. The third kappa shape index (κ3) is 5.09. The van der Waals surface area contributed by atoms with Crippen molar-refractivity contribution in [2.24, 2.45) is 0 Å². The van der Waals surface area contributed by atoms with Gasteiger partial charge in [0.25, 0.3) is 0 Å². The molecular weight excluding hydrogens is 453 g/mol. The summed E-state index contributed by atoms with van der Waals surface area (Å²) in [5.41, 5.74) is 0.889. The van der Waals surface area contributed by atoms with Gasteiger partial charge in [0.1, 0.15) is 11.5 Å². The number of hydrogen-bond donors (Lipinski definition) is 1. The number of benzene rings is 1. The minimum absolute atomic E-state index is 0.196. The van der Waals surface area contributed by atoms with Crippen LogP contribution in [0.1, 0.15) is 31.1 Å². The van der Waals surface area contributed by atoms with Crippen LogP contribution in [0.4, 0.5) is 10.1 Å². The lowest BCUT2D eigenvalue weighted by Crippen LogP contribution is -2.35. The molecule has 0 aliphatic carbocycles. The van der Waals surface area contributed by atoms with Crippen LogP contribution < -0.4 is 5.32 Å². The zero-order chi connectivity index (χ0) is 20.9. The van der Waals surface area contributed by atoms with Crippen LogP contribution in [0.5, 0.6) is 0 Å². The number of piperidine rings is 1. The molecule has 0 atom stereocenters. The highest BCUT2D eigenvalue weighted by molar-refractivity contribution is 9.10. The van der Waals surface area contributed by atoms with Gasteiger partial charge in [0, 0.05) is 29.6 Å². The van der Waals surface area contributed by atoms with Gasteiger partial charge in [-0.2, -0.15) is 4.98 Å². The van der Waals surface area contributed by atoms with Crippen LogP contribution in [0.15, 0.2) is 51.6 Å². The summed E-state index contributed by atoms with van der Waals surface area (Å²) in [5.74, 6) is 0.693. The standard InChI is InChI=1S/C21H21BrFN5O2/c22-15-4-5-17(16(23)13-15)25-19(29)8-12-28-10-6-14(7-11-28)21-26-20(27-30-21)18-3-1-2-9-24-18/h1-5,9,13-14H,6-8,10-12H2,(H,25,29). The number of halogens is 2. The highest BCUT2D eigenvalue weighted by Gasteiger charge is 2.25. The van der Waals surface area contributed by atoms with E-state index in [4.69, 9.17) is 4.52 Å². The van der Waals surface area contributed by atoms with E-state index in [9.17, 15) is 9.18 Å². The summed E-state index contributed by atoms with van der Waals surface area (Å²) in [6, 6.07) is 10.2. The molecule has 1 saturated heterocycles. The molecule has 9 heteroatoms. The molecule has 1 aliphatic rings. The maximum Gasteiger partial charge on any atom is 0.230 e. The number of anilines is 1. The predicted octanol–water partition coefficient (Wildman–Crippen LogP) is 4.24. The molecule has 0 saturated carbocycles. The van der Waals surface area contributed by atoms with Crippen molar-refractivity contribution < 1.29 is 13.7 Å². The molecule has 0 radical (unpaired) electrons. The first-order chi connectivity index (χ1) is 14.6. The summed E-state index contributed by atoms with van der Waals surface area (Å²) in [5, 5.41) is 6.67. The van der Waals surface area contributed by atoms with Crippen molar-refractivity contribution in [2.75, 3.05) is 25.0 Å². The first kappa shape index (κ1) is 20.6. The van der Waals surface area contributed by atoms with Gasteiger partial charge in [-0.05, 0) is 56.3 Å². The van der Waals surface area contributed by atoms with E-state index in [0.29, 0.717) is 34.8 Å². The summed E-state index contributed by atoms with van der Waals surface area (Å²) in [6.45, 7) is 2.30. The highest BCUT2D eigenvalue weighted by Crippen LogP contribution is 2.28. The minimum Gasteiger partial charge on any atom is -0.339 e. The second-order valence-corrected chi connectivity index (χ2v) is 8.13. The van der Waals surface area contributed by atoms with E-state index in [2.05, 4.69) is 41.3 Å². The molecule has 3 aromatic rings. The summed E-state index contributed by atoms with van der Waals surface area (Å²) >= 11 is 3.20. The molecule has 30 heavy (non-hydrogen) atoms. The average Bonchev–Trinajstić information content (AvgIpc) is 3.26. The fourth-order valence-electron chi connectivity index (χ4n) is 3.47. The van der Waals surface area contributed by atoms with Gasteiger partial charge in [-0.25, -0.2) is 4.39 Å². The van der Waals surface area contributed by atoms with Crippen LogP contribution in [-0.2, 0) is 4.79 Å². The Labute approximate surface area is 181 Å².